The van der Waals surface area contributed by atoms with Crippen LogP contribution in [-0.4, -0.2) is 34.3 Å². The summed E-state index contributed by atoms with van der Waals surface area (Å²) in [6, 6.07) is 9.70. The predicted molar refractivity (Wildman–Crippen MR) is 83.5 cm³/mol. The summed E-state index contributed by atoms with van der Waals surface area (Å²) >= 11 is 0. The van der Waals surface area contributed by atoms with Gasteiger partial charge in [-0.15, -0.1) is 0 Å². The second-order valence-corrected chi connectivity index (χ2v) is 5.10. The van der Waals surface area contributed by atoms with Crippen molar-refractivity contribution in [2.75, 3.05) is 0 Å². The highest BCUT2D eigenvalue weighted by Crippen LogP contribution is 2.23. The predicted octanol–water partition coefficient (Wildman–Crippen LogP) is 1.30. The van der Waals surface area contributed by atoms with Gasteiger partial charge in [-0.1, -0.05) is 18.2 Å². The molecule has 5 aromatic rings. The number of nitrogens with one attached hydrogen (secondary N) is 1. The number of pyridine rings is 1. The molecule has 0 bridgehead atoms. The lowest BCUT2D eigenvalue weighted by atomic mass is 10.2. The molecule has 0 spiro atoms. The lowest BCUT2D eigenvalue weighted by Gasteiger charge is -2.04. The van der Waals surface area contributed by atoms with E-state index >= 15 is 0 Å². The average Bonchev–Trinajstić information content (AvgIpc) is 3.21. The molecule has 1 N–H and O–H groups in total. The maximum Gasteiger partial charge on any atom is 0.261 e. The van der Waals surface area contributed by atoms with E-state index in [0.717, 1.165) is 11.1 Å². The second kappa shape index (κ2) is 4.23. The first-order valence-corrected chi connectivity index (χ1v) is 6.97. The van der Waals surface area contributed by atoms with Crippen LogP contribution >= 0.6 is 0 Å². The maximum absolute atomic E-state index is 12.2. The van der Waals surface area contributed by atoms with Crippen LogP contribution in [0.25, 0.3) is 33.4 Å². The first-order valence-electron chi connectivity index (χ1n) is 6.97. The van der Waals surface area contributed by atoms with E-state index in [4.69, 9.17) is 0 Å². The SMILES string of the molecule is O=c1[nH]c2ncnn2c2c1cnc1c2cnn1-c1ccccc1. The zero-order valence-corrected chi connectivity index (χ0v) is 11.7. The topological polar surface area (TPSA) is 93.8 Å². The van der Waals surface area contributed by atoms with Gasteiger partial charge in [0.15, 0.2) is 5.65 Å². The fraction of sp³-hybridized carbons (Fsp3) is 0. The largest absolute Gasteiger partial charge is 0.290 e. The number of nitrogens with zero attached hydrogens (tertiary/aromatic N) is 6. The van der Waals surface area contributed by atoms with Crippen LogP contribution in [0.5, 0.6) is 0 Å². The van der Waals surface area contributed by atoms with Crippen molar-refractivity contribution in [1.82, 2.24) is 34.3 Å². The Bertz CT molecular complexity index is 1230. The van der Waals surface area contributed by atoms with E-state index in [1.54, 1.807) is 21.6 Å². The lowest BCUT2D eigenvalue weighted by Crippen LogP contribution is -2.11. The van der Waals surface area contributed by atoms with Gasteiger partial charge in [-0.25, -0.2) is 9.67 Å². The smallest absolute Gasteiger partial charge is 0.261 e. The van der Waals surface area contributed by atoms with Gasteiger partial charge in [0.25, 0.3) is 5.56 Å². The lowest BCUT2D eigenvalue weighted by molar-refractivity contribution is 0.897. The monoisotopic (exact) mass is 303 g/mol. The second-order valence-electron chi connectivity index (χ2n) is 5.10. The van der Waals surface area contributed by atoms with E-state index in [-0.39, 0.29) is 5.56 Å². The number of para-hydroxylation sites is 1. The average molecular weight is 303 g/mol. The van der Waals surface area contributed by atoms with Gasteiger partial charge in [0.05, 0.1) is 28.2 Å². The molecule has 23 heavy (non-hydrogen) atoms. The molecule has 4 aromatic heterocycles. The van der Waals surface area contributed by atoms with E-state index in [9.17, 15) is 4.79 Å². The summed E-state index contributed by atoms with van der Waals surface area (Å²) in [7, 11) is 0. The van der Waals surface area contributed by atoms with Gasteiger partial charge in [-0.2, -0.15) is 19.7 Å². The number of hydrogen-bond acceptors (Lipinski definition) is 5. The molecule has 1 aromatic carbocycles. The molecular weight excluding hydrogens is 294 g/mol. The molecule has 0 saturated heterocycles. The Hall–Kier alpha value is -3.55. The van der Waals surface area contributed by atoms with Crippen molar-refractivity contribution in [3.05, 3.63) is 59.4 Å². The third kappa shape index (κ3) is 1.57. The molecular formula is C15H9N7O. The van der Waals surface area contributed by atoms with E-state index in [1.807, 2.05) is 30.3 Å². The summed E-state index contributed by atoms with van der Waals surface area (Å²) in [6.45, 7) is 0. The molecule has 8 nitrogen and oxygen atoms in total. The minimum absolute atomic E-state index is 0.248. The summed E-state index contributed by atoms with van der Waals surface area (Å²) in [5, 5.41) is 9.80. The molecule has 0 unspecified atom stereocenters. The van der Waals surface area contributed by atoms with Crippen molar-refractivity contribution < 1.29 is 0 Å². The molecule has 0 aliphatic carbocycles. The van der Waals surface area contributed by atoms with Crippen LogP contribution in [0.3, 0.4) is 0 Å². The van der Waals surface area contributed by atoms with Gasteiger partial charge >= 0.3 is 0 Å². The van der Waals surface area contributed by atoms with Crippen molar-refractivity contribution in [3.8, 4) is 5.69 Å². The van der Waals surface area contributed by atoms with E-state index < -0.39 is 0 Å². The number of benzene rings is 1. The highest BCUT2D eigenvalue weighted by molar-refractivity contribution is 6.02. The minimum atomic E-state index is -0.248. The standard InChI is InChI=1S/C15H9N7O/c23-14-11-6-16-13-10(12(11)22-15(20-14)17-8-19-22)7-18-21(13)9-4-2-1-3-5-9/h1-8H,(H,17,19,20,23). The quantitative estimate of drug-likeness (QED) is 0.504. The molecule has 0 aliphatic heterocycles. The molecule has 110 valence electrons. The fourth-order valence-electron chi connectivity index (χ4n) is 2.78. The van der Waals surface area contributed by atoms with Crippen LogP contribution in [0.4, 0.5) is 0 Å². The Labute approximate surface area is 128 Å². The summed E-state index contributed by atoms with van der Waals surface area (Å²) in [5.74, 6) is 0.391. The molecule has 8 heteroatoms. The van der Waals surface area contributed by atoms with Gasteiger partial charge in [-0.3, -0.25) is 9.78 Å². The van der Waals surface area contributed by atoms with Crippen molar-refractivity contribution in [3.63, 3.8) is 0 Å². The van der Waals surface area contributed by atoms with Crippen molar-refractivity contribution >= 4 is 27.7 Å². The third-order valence-electron chi connectivity index (χ3n) is 3.80. The van der Waals surface area contributed by atoms with E-state index in [1.165, 1.54) is 6.33 Å². The Balaban J connectivity index is 1.98. The number of fused-ring (bicyclic) bond motifs is 5. The first kappa shape index (κ1) is 12.0. The summed E-state index contributed by atoms with van der Waals surface area (Å²) < 4.78 is 3.33. The van der Waals surface area contributed by atoms with Crippen molar-refractivity contribution in [2.24, 2.45) is 0 Å². The summed E-state index contributed by atoms with van der Waals surface area (Å²) in [5.41, 5.74) is 1.95. The zero-order valence-electron chi connectivity index (χ0n) is 11.7. The number of aromatic amines is 1. The Morgan fingerprint density at radius 3 is 2.70 bits per heavy atom. The Kier molecular flexibility index (Phi) is 2.21. The molecule has 4 heterocycles. The van der Waals surface area contributed by atoms with E-state index in [2.05, 4.69) is 25.1 Å². The summed E-state index contributed by atoms with van der Waals surface area (Å²) in [4.78, 5) is 23.4. The highest BCUT2D eigenvalue weighted by atomic mass is 16.1. The molecule has 0 fully saturated rings. The zero-order chi connectivity index (χ0) is 15.4. The highest BCUT2D eigenvalue weighted by Gasteiger charge is 2.15. The van der Waals surface area contributed by atoms with Gasteiger partial charge in [0, 0.05) is 6.20 Å². The molecule has 0 radical (unpaired) electrons. The van der Waals surface area contributed by atoms with Crippen LogP contribution in [0.2, 0.25) is 0 Å². The Morgan fingerprint density at radius 2 is 1.83 bits per heavy atom. The van der Waals surface area contributed by atoms with Crippen LogP contribution < -0.4 is 5.56 Å². The van der Waals surface area contributed by atoms with Crippen molar-refractivity contribution in [2.45, 2.75) is 0 Å². The summed E-state index contributed by atoms with van der Waals surface area (Å²) in [6.07, 6.45) is 4.63. The van der Waals surface area contributed by atoms with Gasteiger partial charge in [0.2, 0.25) is 5.78 Å². The molecule has 0 aliphatic rings. The molecule has 0 amide bonds. The number of hydrogen-bond donors (Lipinski definition) is 1. The van der Waals surface area contributed by atoms with Crippen LogP contribution in [-0.2, 0) is 0 Å². The van der Waals surface area contributed by atoms with Gasteiger partial charge < -0.3 is 0 Å². The van der Waals surface area contributed by atoms with Gasteiger partial charge in [-0.05, 0) is 12.1 Å². The normalized spacial score (nSPS) is 11.7. The van der Waals surface area contributed by atoms with Crippen molar-refractivity contribution in [1.29, 1.82) is 0 Å². The van der Waals surface area contributed by atoms with E-state index in [0.29, 0.717) is 22.3 Å². The van der Waals surface area contributed by atoms with Crippen LogP contribution in [0.1, 0.15) is 0 Å². The van der Waals surface area contributed by atoms with Gasteiger partial charge in [0.1, 0.15) is 6.33 Å². The van der Waals surface area contributed by atoms with Crippen LogP contribution in [0.15, 0.2) is 53.8 Å². The molecule has 0 atom stereocenters. The first-order chi connectivity index (χ1) is 11.3. The molecule has 0 saturated carbocycles. The number of H-pyrrole nitrogens is 1. The maximum atomic E-state index is 12.2. The number of aromatic nitrogens is 7. The fourth-order valence-corrected chi connectivity index (χ4v) is 2.78. The molecule has 5 rings (SSSR count). The number of rotatable bonds is 1. The van der Waals surface area contributed by atoms with Crippen LogP contribution in [0, 0.1) is 0 Å². The Morgan fingerprint density at radius 1 is 0.957 bits per heavy atom. The third-order valence-corrected chi connectivity index (χ3v) is 3.80. The minimum Gasteiger partial charge on any atom is -0.290 e.